The summed E-state index contributed by atoms with van der Waals surface area (Å²) in [6.07, 6.45) is 5.42. The van der Waals surface area contributed by atoms with Crippen LogP contribution in [0.2, 0.25) is 0 Å². The van der Waals surface area contributed by atoms with Crippen LogP contribution in [0, 0.1) is 5.92 Å². The molecule has 3 N–H and O–H groups in total. The highest BCUT2D eigenvalue weighted by atomic mass is 35.5. The maximum absolute atomic E-state index is 12.5. The minimum absolute atomic E-state index is 0. The summed E-state index contributed by atoms with van der Waals surface area (Å²) in [7, 11) is 0. The Morgan fingerprint density at radius 1 is 1.19 bits per heavy atom. The molecule has 1 saturated heterocycles. The van der Waals surface area contributed by atoms with E-state index in [2.05, 4.69) is 5.32 Å². The van der Waals surface area contributed by atoms with Crippen molar-refractivity contribution in [1.82, 2.24) is 10.2 Å². The molecule has 0 aromatic rings. The third-order valence-electron chi connectivity index (χ3n) is 4.57. The van der Waals surface area contributed by atoms with E-state index in [0.717, 1.165) is 38.5 Å². The first-order chi connectivity index (χ1) is 9.42. The molecule has 0 bridgehead atoms. The Balaban J connectivity index is 0.00000220. The molecule has 0 unspecified atom stereocenters. The van der Waals surface area contributed by atoms with Gasteiger partial charge in [-0.15, -0.1) is 12.4 Å². The number of carbonyl (C=O) groups is 2. The summed E-state index contributed by atoms with van der Waals surface area (Å²) in [5, 5.41) is 3.05. The number of likely N-dealkylation sites (tertiary alicyclic amines) is 1. The average molecular weight is 318 g/mol. The number of hydrogen-bond acceptors (Lipinski definition) is 3. The van der Waals surface area contributed by atoms with Crippen LogP contribution < -0.4 is 11.1 Å². The standard InChI is InChI=1S/C15H27N3O2.ClH/c1-11(2)13(19)17-12-5-9-18(10-6-12)14(20)15(16)7-3-4-8-15;/h11-12H,3-10,16H2,1-2H3,(H,17,19);1H. The summed E-state index contributed by atoms with van der Waals surface area (Å²) in [4.78, 5) is 26.0. The molecule has 122 valence electrons. The van der Waals surface area contributed by atoms with Gasteiger partial charge >= 0.3 is 0 Å². The fourth-order valence-corrected chi connectivity index (χ4v) is 3.13. The van der Waals surface area contributed by atoms with Gasteiger partial charge in [0.05, 0.1) is 5.54 Å². The molecule has 1 saturated carbocycles. The molecule has 6 heteroatoms. The molecule has 1 heterocycles. The lowest BCUT2D eigenvalue weighted by atomic mass is 9.95. The highest BCUT2D eigenvalue weighted by Gasteiger charge is 2.40. The summed E-state index contributed by atoms with van der Waals surface area (Å²) in [5.41, 5.74) is 5.61. The van der Waals surface area contributed by atoms with Crippen molar-refractivity contribution < 1.29 is 9.59 Å². The summed E-state index contributed by atoms with van der Waals surface area (Å²) in [6, 6.07) is 0.200. The predicted molar refractivity (Wildman–Crippen MR) is 85.2 cm³/mol. The fraction of sp³-hybridized carbons (Fsp3) is 0.867. The van der Waals surface area contributed by atoms with Crippen LogP contribution in [0.15, 0.2) is 0 Å². The van der Waals surface area contributed by atoms with Crippen molar-refractivity contribution in [3.8, 4) is 0 Å². The monoisotopic (exact) mass is 317 g/mol. The van der Waals surface area contributed by atoms with E-state index >= 15 is 0 Å². The normalized spacial score (nSPS) is 22.0. The van der Waals surface area contributed by atoms with Gasteiger partial charge in [0, 0.05) is 25.0 Å². The quantitative estimate of drug-likeness (QED) is 0.827. The predicted octanol–water partition coefficient (Wildman–Crippen LogP) is 1.44. The van der Waals surface area contributed by atoms with Gasteiger partial charge in [0.2, 0.25) is 11.8 Å². The number of hydrogen-bond donors (Lipinski definition) is 2. The summed E-state index contributed by atoms with van der Waals surface area (Å²) in [5.74, 6) is 0.227. The molecular formula is C15H28ClN3O2. The lowest BCUT2D eigenvalue weighted by Crippen LogP contribution is -2.57. The Hall–Kier alpha value is -0.810. The molecule has 0 atom stereocenters. The van der Waals surface area contributed by atoms with Crippen LogP contribution in [-0.4, -0.2) is 41.4 Å². The maximum Gasteiger partial charge on any atom is 0.242 e. The van der Waals surface area contributed by atoms with Gasteiger partial charge in [0.25, 0.3) is 0 Å². The van der Waals surface area contributed by atoms with E-state index in [0.29, 0.717) is 13.1 Å². The van der Waals surface area contributed by atoms with Gasteiger partial charge in [-0.2, -0.15) is 0 Å². The number of piperidine rings is 1. The topological polar surface area (TPSA) is 75.4 Å². The van der Waals surface area contributed by atoms with Crippen LogP contribution in [0.4, 0.5) is 0 Å². The molecule has 0 aromatic heterocycles. The second-order valence-electron chi connectivity index (χ2n) is 6.59. The Bertz CT molecular complexity index is 373. The average Bonchev–Trinajstić information content (AvgIpc) is 2.87. The number of amides is 2. The van der Waals surface area contributed by atoms with Crippen LogP contribution in [0.25, 0.3) is 0 Å². The number of nitrogens with two attached hydrogens (primary N) is 1. The Kier molecular flexibility index (Phi) is 6.47. The summed E-state index contributed by atoms with van der Waals surface area (Å²) < 4.78 is 0. The molecule has 2 rings (SSSR count). The van der Waals surface area contributed by atoms with Crippen LogP contribution in [-0.2, 0) is 9.59 Å². The second-order valence-corrected chi connectivity index (χ2v) is 6.59. The van der Waals surface area contributed by atoms with Gasteiger partial charge < -0.3 is 16.0 Å². The molecule has 0 spiro atoms. The lowest BCUT2D eigenvalue weighted by Gasteiger charge is -2.37. The number of nitrogens with zero attached hydrogens (tertiary/aromatic N) is 1. The zero-order valence-corrected chi connectivity index (χ0v) is 13.9. The van der Waals surface area contributed by atoms with Gasteiger partial charge in [-0.05, 0) is 25.7 Å². The zero-order valence-electron chi connectivity index (χ0n) is 13.1. The van der Waals surface area contributed by atoms with E-state index < -0.39 is 5.54 Å². The molecule has 0 aromatic carbocycles. The van der Waals surface area contributed by atoms with Crippen molar-refractivity contribution >= 4 is 24.2 Å². The number of rotatable bonds is 3. The fourth-order valence-electron chi connectivity index (χ4n) is 3.13. The minimum atomic E-state index is -0.617. The third-order valence-corrected chi connectivity index (χ3v) is 4.57. The molecule has 1 aliphatic carbocycles. The number of carbonyl (C=O) groups excluding carboxylic acids is 2. The van der Waals surface area contributed by atoms with Crippen molar-refractivity contribution in [2.45, 2.75) is 64.0 Å². The van der Waals surface area contributed by atoms with E-state index in [1.807, 2.05) is 18.7 Å². The smallest absolute Gasteiger partial charge is 0.242 e. The molecule has 2 fully saturated rings. The van der Waals surface area contributed by atoms with E-state index in [9.17, 15) is 9.59 Å². The zero-order chi connectivity index (χ0) is 14.8. The first-order valence-corrected chi connectivity index (χ1v) is 7.81. The first-order valence-electron chi connectivity index (χ1n) is 7.81. The van der Waals surface area contributed by atoms with Crippen molar-refractivity contribution in [2.75, 3.05) is 13.1 Å². The Morgan fingerprint density at radius 2 is 1.71 bits per heavy atom. The van der Waals surface area contributed by atoms with Crippen molar-refractivity contribution in [2.24, 2.45) is 11.7 Å². The Labute approximate surface area is 133 Å². The van der Waals surface area contributed by atoms with Crippen LogP contribution in [0.1, 0.15) is 52.4 Å². The summed E-state index contributed by atoms with van der Waals surface area (Å²) >= 11 is 0. The molecule has 1 aliphatic heterocycles. The second kappa shape index (κ2) is 7.45. The molecular weight excluding hydrogens is 290 g/mol. The van der Waals surface area contributed by atoms with Crippen molar-refractivity contribution in [3.63, 3.8) is 0 Å². The first kappa shape index (κ1) is 18.2. The largest absolute Gasteiger partial charge is 0.353 e. The van der Waals surface area contributed by atoms with Gasteiger partial charge in [0.15, 0.2) is 0 Å². The van der Waals surface area contributed by atoms with E-state index in [1.54, 1.807) is 0 Å². The SMILES string of the molecule is CC(C)C(=O)NC1CCN(C(=O)C2(N)CCCC2)CC1.Cl. The van der Waals surface area contributed by atoms with E-state index in [4.69, 9.17) is 5.73 Å². The van der Waals surface area contributed by atoms with Gasteiger partial charge in [0.1, 0.15) is 0 Å². The van der Waals surface area contributed by atoms with E-state index in [-0.39, 0.29) is 36.2 Å². The van der Waals surface area contributed by atoms with Gasteiger partial charge in [-0.3, -0.25) is 9.59 Å². The van der Waals surface area contributed by atoms with Gasteiger partial charge in [-0.25, -0.2) is 0 Å². The highest BCUT2D eigenvalue weighted by Crippen LogP contribution is 2.29. The minimum Gasteiger partial charge on any atom is -0.353 e. The Morgan fingerprint density at radius 3 is 2.19 bits per heavy atom. The maximum atomic E-state index is 12.5. The lowest BCUT2D eigenvalue weighted by molar-refractivity contribution is -0.138. The number of nitrogens with one attached hydrogen (secondary N) is 1. The molecule has 5 nitrogen and oxygen atoms in total. The molecule has 21 heavy (non-hydrogen) atoms. The van der Waals surface area contributed by atoms with E-state index in [1.165, 1.54) is 0 Å². The van der Waals surface area contributed by atoms with Crippen molar-refractivity contribution in [1.29, 1.82) is 0 Å². The van der Waals surface area contributed by atoms with Crippen molar-refractivity contribution in [3.05, 3.63) is 0 Å². The molecule has 2 amide bonds. The highest BCUT2D eigenvalue weighted by molar-refractivity contribution is 5.86. The summed E-state index contributed by atoms with van der Waals surface area (Å²) in [6.45, 7) is 5.21. The van der Waals surface area contributed by atoms with Crippen LogP contribution >= 0.6 is 12.4 Å². The van der Waals surface area contributed by atoms with Crippen LogP contribution in [0.3, 0.4) is 0 Å². The number of halogens is 1. The molecule has 0 radical (unpaired) electrons. The third kappa shape index (κ3) is 4.33. The molecule has 2 aliphatic rings. The van der Waals surface area contributed by atoms with Crippen LogP contribution in [0.5, 0.6) is 0 Å². The van der Waals surface area contributed by atoms with Gasteiger partial charge in [-0.1, -0.05) is 26.7 Å².